The summed E-state index contributed by atoms with van der Waals surface area (Å²) in [6, 6.07) is 11.2. The number of nitrogens with zero attached hydrogens (tertiary/aromatic N) is 1. The number of hydrogen-bond donors (Lipinski definition) is 1. The highest BCUT2D eigenvalue weighted by atomic mass is 19.1. The molecule has 0 spiro atoms. The maximum Gasteiger partial charge on any atom is 0.0906 e. The molecular weight excluding hydrogens is 263 g/mol. The third kappa shape index (κ3) is 3.64. The van der Waals surface area contributed by atoms with Gasteiger partial charge in [-0.3, -0.25) is 9.29 Å². The lowest BCUT2D eigenvalue weighted by atomic mass is 9.89. The molecule has 0 radical (unpaired) electrons. The summed E-state index contributed by atoms with van der Waals surface area (Å²) < 4.78 is 12.6. The predicted octanol–water partition coefficient (Wildman–Crippen LogP) is 3.03. The number of rotatable bonds is 6. The van der Waals surface area contributed by atoms with E-state index in [1.807, 2.05) is 0 Å². The van der Waals surface area contributed by atoms with E-state index >= 15 is 0 Å². The fraction of sp³-hybridized carbons (Fsp3) is 0.667. The average molecular weight is 290 g/mol. The fourth-order valence-electron chi connectivity index (χ4n) is 3.69. The Kier molecular flexibility index (Phi) is 4.60. The van der Waals surface area contributed by atoms with Gasteiger partial charge in [0, 0.05) is 31.2 Å². The number of nitrogens with one attached hydrogen (secondary N) is 1. The van der Waals surface area contributed by atoms with Crippen molar-refractivity contribution < 1.29 is 4.39 Å². The SMILES string of the molecule is CC1(C2CC2)CN(CCCF)C(Cc2ccccc2)CN1. The summed E-state index contributed by atoms with van der Waals surface area (Å²) in [4.78, 5) is 2.53. The molecular formula is C18H27FN2. The largest absolute Gasteiger partial charge is 0.308 e. The predicted molar refractivity (Wildman–Crippen MR) is 85.2 cm³/mol. The highest BCUT2D eigenvalue weighted by Gasteiger charge is 2.45. The lowest BCUT2D eigenvalue weighted by Crippen LogP contribution is -2.64. The second-order valence-corrected chi connectivity index (χ2v) is 6.93. The van der Waals surface area contributed by atoms with Crippen molar-refractivity contribution in [2.24, 2.45) is 5.92 Å². The van der Waals surface area contributed by atoms with Crippen LogP contribution in [0.25, 0.3) is 0 Å². The van der Waals surface area contributed by atoms with Crippen molar-refractivity contribution in [1.82, 2.24) is 10.2 Å². The summed E-state index contributed by atoms with van der Waals surface area (Å²) in [6.07, 6.45) is 4.42. The van der Waals surface area contributed by atoms with Gasteiger partial charge in [0.25, 0.3) is 0 Å². The summed E-state index contributed by atoms with van der Waals surface area (Å²) in [6.45, 7) is 5.12. The lowest BCUT2D eigenvalue weighted by Gasteiger charge is -2.47. The Morgan fingerprint density at radius 2 is 2.05 bits per heavy atom. The van der Waals surface area contributed by atoms with Crippen molar-refractivity contribution in [2.75, 3.05) is 26.3 Å². The molecule has 2 nitrogen and oxygen atoms in total. The van der Waals surface area contributed by atoms with Crippen molar-refractivity contribution in [1.29, 1.82) is 0 Å². The van der Waals surface area contributed by atoms with Crippen LogP contribution < -0.4 is 5.32 Å². The van der Waals surface area contributed by atoms with Gasteiger partial charge in [0.1, 0.15) is 0 Å². The summed E-state index contributed by atoms with van der Waals surface area (Å²) in [7, 11) is 0. The molecule has 1 N–H and O–H groups in total. The molecule has 1 saturated carbocycles. The smallest absolute Gasteiger partial charge is 0.0906 e. The Bertz CT molecular complexity index is 446. The molecule has 1 aliphatic carbocycles. The number of benzene rings is 1. The highest BCUT2D eigenvalue weighted by Crippen LogP contribution is 2.41. The van der Waals surface area contributed by atoms with Gasteiger partial charge >= 0.3 is 0 Å². The van der Waals surface area contributed by atoms with Crippen molar-refractivity contribution in [3.63, 3.8) is 0 Å². The van der Waals surface area contributed by atoms with Gasteiger partial charge in [-0.1, -0.05) is 30.3 Å². The van der Waals surface area contributed by atoms with E-state index in [1.54, 1.807) is 0 Å². The summed E-state index contributed by atoms with van der Waals surface area (Å²) in [5.41, 5.74) is 1.62. The minimum Gasteiger partial charge on any atom is -0.308 e. The van der Waals surface area contributed by atoms with Crippen molar-refractivity contribution in [2.45, 2.75) is 44.2 Å². The van der Waals surface area contributed by atoms with Crippen LogP contribution in [0.4, 0.5) is 4.39 Å². The quantitative estimate of drug-likeness (QED) is 0.866. The van der Waals surface area contributed by atoms with Gasteiger partial charge in [-0.05, 0) is 44.1 Å². The van der Waals surface area contributed by atoms with Crippen LogP contribution in [-0.4, -0.2) is 42.8 Å². The number of alkyl halides is 1. The van der Waals surface area contributed by atoms with Crippen LogP contribution in [0, 0.1) is 5.92 Å². The van der Waals surface area contributed by atoms with E-state index in [0.717, 1.165) is 32.0 Å². The molecule has 1 aromatic carbocycles. The van der Waals surface area contributed by atoms with E-state index in [2.05, 4.69) is 47.5 Å². The molecule has 0 amide bonds. The van der Waals surface area contributed by atoms with Crippen LogP contribution in [0.5, 0.6) is 0 Å². The van der Waals surface area contributed by atoms with Gasteiger partial charge in [-0.2, -0.15) is 0 Å². The lowest BCUT2D eigenvalue weighted by molar-refractivity contribution is 0.0722. The maximum atomic E-state index is 12.6. The second-order valence-electron chi connectivity index (χ2n) is 6.93. The van der Waals surface area contributed by atoms with Crippen LogP contribution in [-0.2, 0) is 6.42 Å². The second kappa shape index (κ2) is 6.45. The van der Waals surface area contributed by atoms with Gasteiger partial charge in [0.05, 0.1) is 6.67 Å². The van der Waals surface area contributed by atoms with Gasteiger partial charge in [0.15, 0.2) is 0 Å². The number of piperazine rings is 1. The van der Waals surface area contributed by atoms with E-state index in [0.29, 0.717) is 12.5 Å². The molecule has 0 aromatic heterocycles. The fourth-order valence-corrected chi connectivity index (χ4v) is 3.69. The van der Waals surface area contributed by atoms with E-state index < -0.39 is 0 Å². The highest BCUT2D eigenvalue weighted by molar-refractivity contribution is 5.17. The van der Waals surface area contributed by atoms with Crippen LogP contribution >= 0.6 is 0 Å². The molecule has 116 valence electrons. The zero-order valence-electron chi connectivity index (χ0n) is 13.0. The molecule has 0 bridgehead atoms. The molecule has 2 fully saturated rings. The first-order valence-corrected chi connectivity index (χ1v) is 8.30. The molecule has 21 heavy (non-hydrogen) atoms. The van der Waals surface area contributed by atoms with Crippen LogP contribution in [0.15, 0.2) is 30.3 Å². The van der Waals surface area contributed by atoms with Crippen LogP contribution in [0.1, 0.15) is 31.7 Å². The Balaban J connectivity index is 1.66. The molecule has 1 saturated heterocycles. The number of hydrogen-bond acceptors (Lipinski definition) is 2. The molecule has 3 rings (SSSR count). The average Bonchev–Trinajstić information content (AvgIpc) is 3.34. The van der Waals surface area contributed by atoms with Crippen molar-refractivity contribution in [3.8, 4) is 0 Å². The normalized spacial score (nSPS) is 30.5. The molecule has 2 unspecified atom stereocenters. The van der Waals surface area contributed by atoms with E-state index in [1.165, 1.54) is 18.4 Å². The Labute approximate surface area is 127 Å². The minimum atomic E-state index is -0.206. The van der Waals surface area contributed by atoms with E-state index in [4.69, 9.17) is 0 Å². The standard InChI is InChI=1S/C18H27FN2/c1-18(16-8-9-16)14-21(11-5-10-19)17(13-20-18)12-15-6-3-2-4-7-15/h2-4,6-7,16-17,20H,5,8-14H2,1H3. The Hall–Kier alpha value is -0.930. The topological polar surface area (TPSA) is 15.3 Å². The Morgan fingerprint density at radius 1 is 1.29 bits per heavy atom. The van der Waals surface area contributed by atoms with E-state index in [-0.39, 0.29) is 12.2 Å². The maximum absolute atomic E-state index is 12.6. The first kappa shape index (κ1) is 15.0. The summed E-state index contributed by atoms with van der Waals surface area (Å²) in [5.74, 6) is 0.822. The molecule has 1 aromatic rings. The third-order valence-corrected chi connectivity index (χ3v) is 5.16. The monoisotopic (exact) mass is 290 g/mol. The summed E-state index contributed by atoms with van der Waals surface area (Å²) in [5, 5.41) is 3.80. The van der Waals surface area contributed by atoms with Crippen LogP contribution in [0.3, 0.4) is 0 Å². The molecule has 2 atom stereocenters. The first-order chi connectivity index (χ1) is 10.2. The van der Waals surface area contributed by atoms with Crippen molar-refractivity contribution in [3.05, 3.63) is 35.9 Å². The zero-order chi connectivity index (χ0) is 14.7. The van der Waals surface area contributed by atoms with Gasteiger partial charge in [-0.25, -0.2) is 0 Å². The van der Waals surface area contributed by atoms with Crippen LogP contribution in [0.2, 0.25) is 0 Å². The molecule has 2 aliphatic rings. The first-order valence-electron chi connectivity index (χ1n) is 8.30. The number of halogens is 1. The zero-order valence-corrected chi connectivity index (χ0v) is 13.0. The molecule has 3 heteroatoms. The third-order valence-electron chi connectivity index (χ3n) is 5.16. The Morgan fingerprint density at radius 3 is 2.71 bits per heavy atom. The van der Waals surface area contributed by atoms with Gasteiger partial charge in [-0.15, -0.1) is 0 Å². The van der Waals surface area contributed by atoms with E-state index in [9.17, 15) is 4.39 Å². The minimum absolute atomic E-state index is 0.206. The van der Waals surface area contributed by atoms with Gasteiger partial charge < -0.3 is 5.32 Å². The molecule has 1 aliphatic heterocycles. The van der Waals surface area contributed by atoms with Crippen molar-refractivity contribution >= 4 is 0 Å². The summed E-state index contributed by atoms with van der Waals surface area (Å²) >= 11 is 0. The molecule has 1 heterocycles. The van der Waals surface area contributed by atoms with Gasteiger partial charge in [0.2, 0.25) is 0 Å².